The molecule has 0 fully saturated rings. The number of carboxylic acid groups (broad SMARTS) is 1. The molecule has 112 valence electrons. The Morgan fingerprint density at radius 2 is 1.16 bits per heavy atom. The largest absolute Gasteiger partial charge is 0.481 e. The fourth-order valence-electron chi connectivity index (χ4n) is 1.94. The fraction of sp³-hybridized carbons (Fsp3) is 0.929. The van der Waals surface area contributed by atoms with E-state index in [1.165, 1.54) is 62.7 Å². The van der Waals surface area contributed by atoms with E-state index in [1.807, 2.05) is 0 Å². The van der Waals surface area contributed by atoms with Crippen LogP contribution < -0.4 is 0 Å². The van der Waals surface area contributed by atoms with Crippen LogP contribution in [-0.2, 0) is 4.79 Å². The van der Waals surface area contributed by atoms with Gasteiger partial charge < -0.3 is 16.2 Å². The Kier molecular flexibility index (Phi) is 20.2. The van der Waals surface area contributed by atoms with Crippen LogP contribution >= 0.6 is 0 Å². The summed E-state index contributed by atoms with van der Waals surface area (Å²) in [6.07, 6.45) is 14.4. The number of carbonyl (C=O) groups is 1. The quantitative estimate of drug-likeness (QED) is 0.215. The highest BCUT2D eigenvalue weighted by Crippen LogP contribution is 2.11. The Morgan fingerprint density at radius 1 is 0.842 bits per heavy atom. The summed E-state index contributed by atoms with van der Waals surface area (Å²) < 4.78 is 0. The van der Waals surface area contributed by atoms with E-state index in [2.05, 4.69) is 6.92 Å². The first kappa shape index (κ1) is 20.1. The SMILES string of the molecule is CCCCCCCCCCCCCC(=O)O.[N-]=[N+]=[N-]. The van der Waals surface area contributed by atoms with E-state index in [4.69, 9.17) is 16.2 Å². The van der Waals surface area contributed by atoms with Crippen molar-refractivity contribution in [3.05, 3.63) is 16.0 Å². The standard InChI is InChI=1S/C14H28O2.N3/c1-2-3-4-5-6-7-8-9-10-11-12-13-14(15)16;1-3-2/h2-13H2,1H3,(H,15,16);/q;-1. The van der Waals surface area contributed by atoms with Gasteiger partial charge in [-0.3, -0.25) is 9.71 Å². The van der Waals surface area contributed by atoms with Gasteiger partial charge in [-0.15, -0.1) is 0 Å². The molecule has 5 nitrogen and oxygen atoms in total. The zero-order chi connectivity index (χ0) is 14.8. The van der Waals surface area contributed by atoms with E-state index >= 15 is 0 Å². The van der Waals surface area contributed by atoms with Crippen molar-refractivity contribution in [2.75, 3.05) is 0 Å². The lowest BCUT2D eigenvalue weighted by molar-refractivity contribution is -0.137. The second kappa shape index (κ2) is 19.1. The van der Waals surface area contributed by atoms with Crippen LogP contribution in [0, 0.1) is 0 Å². The molecule has 1 N–H and O–H groups in total. The number of carboxylic acids is 1. The molecule has 0 aliphatic heterocycles. The summed E-state index contributed by atoms with van der Waals surface area (Å²) in [4.78, 5) is 11.8. The van der Waals surface area contributed by atoms with E-state index in [1.54, 1.807) is 0 Å². The third kappa shape index (κ3) is 26.4. The van der Waals surface area contributed by atoms with Crippen molar-refractivity contribution >= 4 is 5.97 Å². The predicted octanol–water partition coefficient (Wildman–Crippen LogP) is 5.64. The summed E-state index contributed by atoms with van der Waals surface area (Å²) in [6.45, 7) is 2.25. The van der Waals surface area contributed by atoms with Crippen molar-refractivity contribution in [1.29, 1.82) is 0 Å². The van der Waals surface area contributed by atoms with Gasteiger partial charge in [0.1, 0.15) is 0 Å². The predicted molar refractivity (Wildman–Crippen MR) is 78.8 cm³/mol. The number of unbranched alkanes of at least 4 members (excludes halogenated alkanes) is 10. The molecule has 0 aromatic carbocycles. The third-order valence-electron chi connectivity index (χ3n) is 2.99. The highest BCUT2D eigenvalue weighted by atomic mass is 16.4. The van der Waals surface area contributed by atoms with Crippen molar-refractivity contribution in [3.8, 4) is 0 Å². The first-order valence-corrected chi connectivity index (χ1v) is 7.39. The average Bonchev–Trinajstić information content (AvgIpc) is 2.36. The van der Waals surface area contributed by atoms with Gasteiger partial charge >= 0.3 is 5.97 Å². The second-order valence-electron chi connectivity index (χ2n) is 4.77. The van der Waals surface area contributed by atoms with E-state index in [0.717, 1.165) is 12.8 Å². The highest BCUT2D eigenvalue weighted by molar-refractivity contribution is 5.66. The summed E-state index contributed by atoms with van der Waals surface area (Å²) >= 11 is 0. The van der Waals surface area contributed by atoms with Crippen molar-refractivity contribution in [2.45, 2.75) is 84.0 Å². The molecule has 0 aromatic rings. The highest BCUT2D eigenvalue weighted by Gasteiger charge is 1.96. The van der Waals surface area contributed by atoms with E-state index in [-0.39, 0.29) is 0 Å². The van der Waals surface area contributed by atoms with Crippen molar-refractivity contribution in [2.24, 2.45) is 0 Å². The fourth-order valence-corrected chi connectivity index (χ4v) is 1.94. The molecule has 0 spiro atoms. The minimum atomic E-state index is -0.657. The molecule has 19 heavy (non-hydrogen) atoms. The summed E-state index contributed by atoms with van der Waals surface area (Å²) in [7, 11) is 0. The van der Waals surface area contributed by atoms with Gasteiger partial charge in [-0.1, -0.05) is 71.1 Å². The summed E-state index contributed by atoms with van der Waals surface area (Å²) in [6, 6.07) is 0. The van der Waals surface area contributed by atoms with E-state index < -0.39 is 5.97 Å². The molecule has 0 heterocycles. The zero-order valence-corrected chi connectivity index (χ0v) is 12.2. The second-order valence-corrected chi connectivity index (χ2v) is 4.77. The van der Waals surface area contributed by atoms with Crippen LogP contribution in [0.15, 0.2) is 0 Å². The number of hydrogen-bond donors (Lipinski definition) is 1. The van der Waals surface area contributed by atoms with Crippen LogP contribution in [0.4, 0.5) is 0 Å². The molecule has 0 saturated heterocycles. The summed E-state index contributed by atoms with van der Waals surface area (Å²) in [5.74, 6) is -0.657. The molecular formula is C14H28N3O2-. The first-order valence-electron chi connectivity index (χ1n) is 7.39. The van der Waals surface area contributed by atoms with Crippen LogP contribution in [-0.4, -0.2) is 11.1 Å². The van der Waals surface area contributed by atoms with E-state index in [9.17, 15) is 4.79 Å². The molecule has 0 aliphatic carbocycles. The Balaban J connectivity index is 0. The van der Waals surface area contributed by atoms with Crippen LogP contribution in [0.1, 0.15) is 84.0 Å². The molecule has 0 unspecified atom stereocenters. The lowest BCUT2D eigenvalue weighted by Crippen LogP contribution is -1.93. The average molecular weight is 270 g/mol. The lowest BCUT2D eigenvalue weighted by Gasteiger charge is -2.01. The van der Waals surface area contributed by atoms with Crippen LogP contribution in [0.25, 0.3) is 16.0 Å². The summed E-state index contributed by atoms with van der Waals surface area (Å²) in [5.41, 5.74) is 13.5. The van der Waals surface area contributed by atoms with Gasteiger partial charge in [-0.2, -0.15) is 0 Å². The smallest absolute Gasteiger partial charge is 0.303 e. The van der Waals surface area contributed by atoms with Gasteiger partial charge in [0, 0.05) is 6.42 Å². The van der Waals surface area contributed by atoms with Gasteiger partial charge in [-0.25, -0.2) is 0 Å². The normalized spacial score (nSPS) is 9.32. The maximum Gasteiger partial charge on any atom is 0.303 e. The number of rotatable bonds is 12. The monoisotopic (exact) mass is 270 g/mol. The van der Waals surface area contributed by atoms with Crippen LogP contribution in [0.2, 0.25) is 0 Å². The van der Waals surface area contributed by atoms with Gasteiger partial charge in [0.25, 0.3) is 0 Å². The Morgan fingerprint density at radius 3 is 1.47 bits per heavy atom. The van der Waals surface area contributed by atoms with Crippen molar-refractivity contribution < 1.29 is 9.90 Å². The Bertz CT molecular complexity index is 227. The first-order chi connectivity index (χ1) is 9.18. The van der Waals surface area contributed by atoms with Crippen molar-refractivity contribution in [1.82, 2.24) is 0 Å². The van der Waals surface area contributed by atoms with Gasteiger partial charge in [0.05, 0.1) is 0 Å². The molecule has 0 aliphatic rings. The Labute approximate surface area is 116 Å². The molecular weight excluding hydrogens is 242 g/mol. The van der Waals surface area contributed by atoms with Crippen LogP contribution in [0.3, 0.4) is 0 Å². The van der Waals surface area contributed by atoms with Gasteiger partial charge in [0.2, 0.25) is 0 Å². The summed E-state index contributed by atoms with van der Waals surface area (Å²) in [5, 5.41) is 8.46. The van der Waals surface area contributed by atoms with Gasteiger partial charge in [0.15, 0.2) is 0 Å². The van der Waals surface area contributed by atoms with Gasteiger partial charge in [-0.05, 0) is 6.42 Å². The van der Waals surface area contributed by atoms with Crippen molar-refractivity contribution in [3.63, 3.8) is 0 Å². The molecule has 0 saturated carbocycles. The molecule has 0 bridgehead atoms. The number of aliphatic carboxylic acids is 1. The maximum absolute atomic E-state index is 10.3. The molecule has 0 aromatic heterocycles. The molecule has 0 rings (SSSR count). The minimum Gasteiger partial charge on any atom is -0.481 e. The zero-order valence-electron chi connectivity index (χ0n) is 12.2. The molecule has 5 heteroatoms. The molecule has 0 radical (unpaired) electrons. The topological polar surface area (TPSA) is 96.0 Å². The molecule has 0 atom stereocenters. The third-order valence-corrected chi connectivity index (χ3v) is 2.99. The Hall–Kier alpha value is -1.22. The maximum atomic E-state index is 10.3. The minimum absolute atomic E-state index is 0.344. The number of nitrogens with zero attached hydrogens (tertiary/aromatic N) is 3. The molecule has 0 amide bonds. The van der Waals surface area contributed by atoms with Crippen LogP contribution in [0.5, 0.6) is 0 Å². The van der Waals surface area contributed by atoms with E-state index in [0.29, 0.717) is 6.42 Å². The number of hydrogen-bond acceptors (Lipinski definition) is 1. The lowest BCUT2D eigenvalue weighted by atomic mass is 10.1.